The number of nitrogens with one attached hydrogen (secondary N) is 2. The summed E-state index contributed by atoms with van der Waals surface area (Å²) in [5.74, 6) is 2.59. The van der Waals surface area contributed by atoms with Gasteiger partial charge in [-0.1, -0.05) is 19.3 Å². The minimum atomic E-state index is -0.241. The third-order valence-corrected chi connectivity index (χ3v) is 5.82. The number of aliphatic hydroxyl groups is 1. The van der Waals surface area contributed by atoms with Crippen molar-refractivity contribution in [3.05, 3.63) is 0 Å². The fourth-order valence-corrected chi connectivity index (χ4v) is 4.32. The molecule has 0 aromatic heterocycles. The van der Waals surface area contributed by atoms with Crippen molar-refractivity contribution in [1.29, 1.82) is 0 Å². The zero-order chi connectivity index (χ0) is 14.2. The van der Waals surface area contributed by atoms with Crippen LogP contribution >= 0.6 is 35.7 Å². The highest BCUT2D eigenvalue weighted by Crippen LogP contribution is 2.26. The molecule has 0 bridgehead atoms. The molecule has 1 aliphatic heterocycles. The largest absolute Gasteiger partial charge is 0.391 e. The molecule has 1 saturated carbocycles. The summed E-state index contributed by atoms with van der Waals surface area (Å²) in [4.78, 5) is 4.24. The van der Waals surface area contributed by atoms with Crippen molar-refractivity contribution in [2.24, 2.45) is 10.9 Å². The fraction of sp³-hybridized carbons (Fsp3) is 0.933. The van der Waals surface area contributed by atoms with E-state index in [0.29, 0.717) is 12.5 Å². The molecular formula is C15H30IN3OS. The molecule has 1 heterocycles. The first-order valence-electron chi connectivity index (χ1n) is 8.04. The topological polar surface area (TPSA) is 56.7 Å². The van der Waals surface area contributed by atoms with Crippen molar-refractivity contribution in [2.45, 2.75) is 56.3 Å². The van der Waals surface area contributed by atoms with E-state index in [4.69, 9.17) is 0 Å². The Bertz CT molecular complexity index is 305. The molecule has 2 aliphatic rings. The summed E-state index contributed by atoms with van der Waals surface area (Å²) in [6.45, 7) is 1.59. The van der Waals surface area contributed by atoms with Crippen LogP contribution in [0.25, 0.3) is 0 Å². The van der Waals surface area contributed by atoms with Gasteiger partial charge in [0.25, 0.3) is 0 Å². The van der Waals surface area contributed by atoms with E-state index < -0.39 is 0 Å². The second-order valence-corrected chi connectivity index (χ2v) is 7.34. The number of hydrogen-bond acceptors (Lipinski definition) is 3. The van der Waals surface area contributed by atoms with Gasteiger partial charge in [-0.25, -0.2) is 0 Å². The smallest absolute Gasteiger partial charge is 0.191 e. The van der Waals surface area contributed by atoms with Gasteiger partial charge in [-0.2, -0.15) is 11.8 Å². The van der Waals surface area contributed by atoms with Crippen molar-refractivity contribution in [1.82, 2.24) is 10.6 Å². The first-order valence-corrected chi connectivity index (χ1v) is 9.08. The first kappa shape index (κ1) is 19.4. The number of halogens is 1. The molecule has 2 atom stereocenters. The molecule has 21 heavy (non-hydrogen) atoms. The van der Waals surface area contributed by atoms with E-state index >= 15 is 0 Å². The lowest BCUT2D eigenvalue weighted by atomic mass is 9.85. The molecule has 0 aromatic carbocycles. The Labute approximate surface area is 150 Å². The standard InChI is InChI=1S/C15H29N3OS.HI/c1-16-15(17-10-13-8-5-9-20-13)18-11-14(19)12-6-3-2-4-7-12;/h12-14,19H,2-11H2,1H3,(H2,16,17,18);1H. The predicted octanol–water partition coefficient (Wildman–Crippen LogP) is 2.61. The Morgan fingerprint density at radius 2 is 1.95 bits per heavy atom. The fourth-order valence-electron chi connectivity index (χ4n) is 3.12. The van der Waals surface area contributed by atoms with Gasteiger partial charge in [-0.05, 0) is 37.4 Å². The van der Waals surface area contributed by atoms with E-state index in [-0.39, 0.29) is 30.1 Å². The molecule has 0 radical (unpaired) electrons. The first-order chi connectivity index (χ1) is 9.79. The van der Waals surface area contributed by atoms with Crippen LogP contribution in [0, 0.1) is 5.92 Å². The maximum atomic E-state index is 10.2. The summed E-state index contributed by atoms with van der Waals surface area (Å²) in [7, 11) is 1.80. The number of hydrogen-bond donors (Lipinski definition) is 3. The second kappa shape index (κ2) is 10.9. The number of nitrogens with zero attached hydrogens (tertiary/aromatic N) is 1. The highest BCUT2D eigenvalue weighted by atomic mass is 127. The van der Waals surface area contributed by atoms with Gasteiger partial charge in [0.05, 0.1) is 6.10 Å². The number of rotatable bonds is 5. The summed E-state index contributed by atoms with van der Waals surface area (Å²) in [5.41, 5.74) is 0. The maximum absolute atomic E-state index is 10.2. The average molecular weight is 427 g/mol. The molecule has 124 valence electrons. The molecule has 6 heteroatoms. The normalized spacial score (nSPS) is 25.2. The lowest BCUT2D eigenvalue weighted by Crippen LogP contribution is -2.44. The van der Waals surface area contributed by atoms with Crippen molar-refractivity contribution in [2.75, 3.05) is 25.9 Å². The quantitative estimate of drug-likeness (QED) is 0.359. The summed E-state index contributed by atoms with van der Waals surface area (Å²) in [5, 5.41) is 17.6. The van der Waals surface area contributed by atoms with E-state index in [1.807, 2.05) is 11.8 Å². The Morgan fingerprint density at radius 3 is 2.57 bits per heavy atom. The molecular weight excluding hydrogens is 397 g/mol. The van der Waals surface area contributed by atoms with E-state index in [1.54, 1.807) is 7.05 Å². The van der Waals surface area contributed by atoms with Crippen molar-refractivity contribution < 1.29 is 5.11 Å². The molecule has 0 amide bonds. The van der Waals surface area contributed by atoms with Gasteiger partial charge in [0.1, 0.15) is 0 Å². The summed E-state index contributed by atoms with van der Waals surface area (Å²) in [6, 6.07) is 0. The molecule has 0 spiro atoms. The lowest BCUT2D eigenvalue weighted by Gasteiger charge is -2.27. The van der Waals surface area contributed by atoms with Gasteiger partial charge in [-0.15, -0.1) is 24.0 Å². The molecule has 0 aromatic rings. The van der Waals surface area contributed by atoms with Gasteiger partial charge < -0.3 is 15.7 Å². The zero-order valence-corrected chi connectivity index (χ0v) is 16.2. The molecule has 2 unspecified atom stereocenters. The average Bonchev–Trinajstić information content (AvgIpc) is 3.01. The third kappa shape index (κ3) is 6.95. The number of guanidine groups is 1. The second-order valence-electron chi connectivity index (χ2n) is 5.93. The van der Waals surface area contributed by atoms with Gasteiger partial charge in [-0.3, -0.25) is 4.99 Å². The highest BCUT2D eigenvalue weighted by molar-refractivity contribution is 14.0. The van der Waals surface area contributed by atoms with Gasteiger partial charge >= 0.3 is 0 Å². The molecule has 1 aliphatic carbocycles. The van der Waals surface area contributed by atoms with Crippen LogP contribution in [0.2, 0.25) is 0 Å². The van der Waals surface area contributed by atoms with E-state index in [1.165, 1.54) is 50.7 Å². The number of thioether (sulfide) groups is 1. The summed E-state index contributed by atoms with van der Waals surface area (Å²) < 4.78 is 0. The zero-order valence-electron chi connectivity index (χ0n) is 13.0. The molecule has 3 N–H and O–H groups in total. The maximum Gasteiger partial charge on any atom is 0.191 e. The van der Waals surface area contributed by atoms with Crippen LogP contribution in [-0.4, -0.2) is 48.3 Å². The summed E-state index contributed by atoms with van der Waals surface area (Å²) >= 11 is 2.05. The molecule has 2 fully saturated rings. The van der Waals surface area contributed by atoms with Crippen LogP contribution < -0.4 is 10.6 Å². The van der Waals surface area contributed by atoms with Crippen LogP contribution in [0.15, 0.2) is 4.99 Å². The minimum absolute atomic E-state index is 0. The van der Waals surface area contributed by atoms with Crippen molar-refractivity contribution in [3.8, 4) is 0 Å². The van der Waals surface area contributed by atoms with Gasteiger partial charge in [0.15, 0.2) is 5.96 Å². The Hall–Kier alpha value is 0.310. The Morgan fingerprint density at radius 1 is 1.19 bits per heavy atom. The van der Waals surface area contributed by atoms with E-state index in [2.05, 4.69) is 15.6 Å². The van der Waals surface area contributed by atoms with Crippen LogP contribution in [0.1, 0.15) is 44.9 Å². The van der Waals surface area contributed by atoms with E-state index in [9.17, 15) is 5.11 Å². The highest BCUT2D eigenvalue weighted by Gasteiger charge is 2.22. The number of aliphatic hydroxyl groups excluding tert-OH is 1. The van der Waals surface area contributed by atoms with Crippen LogP contribution in [0.4, 0.5) is 0 Å². The predicted molar refractivity (Wildman–Crippen MR) is 103 cm³/mol. The van der Waals surface area contributed by atoms with Gasteiger partial charge in [0.2, 0.25) is 0 Å². The molecule has 2 rings (SSSR count). The van der Waals surface area contributed by atoms with Gasteiger partial charge in [0, 0.05) is 25.4 Å². The Kier molecular flexibility index (Phi) is 10.1. The van der Waals surface area contributed by atoms with E-state index in [0.717, 1.165) is 17.8 Å². The van der Waals surface area contributed by atoms with Crippen LogP contribution in [-0.2, 0) is 0 Å². The SMILES string of the molecule is CN=C(NCC1CCCS1)NCC(O)C1CCCCC1.I. The van der Waals surface area contributed by atoms with Crippen LogP contribution in [0.3, 0.4) is 0 Å². The third-order valence-electron chi connectivity index (χ3n) is 4.42. The summed E-state index contributed by atoms with van der Waals surface area (Å²) in [6.07, 6.45) is 8.62. The van der Waals surface area contributed by atoms with Crippen LogP contribution in [0.5, 0.6) is 0 Å². The Balaban J connectivity index is 0.00000220. The lowest BCUT2D eigenvalue weighted by molar-refractivity contribution is 0.0880. The monoisotopic (exact) mass is 427 g/mol. The molecule has 4 nitrogen and oxygen atoms in total. The number of aliphatic imine (C=N–C) groups is 1. The minimum Gasteiger partial charge on any atom is -0.391 e. The van der Waals surface area contributed by atoms with Crippen molar-refractivity contribution in [3.63, 3.8) is 0 Å². The van der Waals surface area contributed by atoms with Crippen molar-refractivity contribution >= 4 is 41.7 Å². The molecule has 1 saturated heterocycles.